The number of aromatic hydroxyl groups is 1. The number of alkyl halides is 1. The van der Waals surface area contributed by atoms with Crippen LogP contribution >= 0.6 is 24.0 Å². The van der Waals surface area contributed by atoms with E-state index < -0.39 is 4.87 Å². The summed E-state index contributed by atoms with van der Waals surface area (Å²) in [4.78, 5) is 4.57. The van der Waals surface area contributed by atoms with Crippen molar-refractivity contribution in [2.24, 2.45) is 0 Å². The summed E-state index contributed by atoms with van der Waals surface area (Å²) in [6.07, 6.45) is 0. The third-order valence-electron chi connectivity index (χ3n) is 11.4. The molecule has 0 saturated carbocycles. The molecule has 0 atom stereocenters. The number of ether oxygens (including phenoxy) is 1. The Hall–Kier alpha value is -5.40. The first kappa shape index (κ1) is 45.1. The van der Waals surface area contributed by atoms with Gasteiger partial charge < -0.3 is 14.9 Å². The lowest BCUT2D eigenvalue weighted by molar-refractivity contribution is 0.0866. The molecule has 0 aromatic heterocycles. The SMILES string of the molecule is CO.Cc1cc(O)cc(C2CN(C(c3ccccc3)c3ccccc3)C2)c1.Cc1cc(OCc2ccccc2)cc(C2(Cl)CN(C(c3ccccc3)c3ccccc3)C2)c1.Cl. The Morgan fingerprint density at radius 1 is 0.574 bits per heavy atom. The van der Waals surface area contributed by atoms with E-state index in [1.54, 1.807) is 0 Å². The molecular formula is C54H56Cl2N2O3. The Morgan fingerprint density at radius 3 is 1.46 bits per heavy atom. The summed E-state index contributed by atoms with van der Waals surface area (Å²) in [5.74, 6) is 1.73. The number of aryl methyl sites for hydroxylation is 2. The van der Waals surface area contributed by atoms with Crippen LogP contribution in [0, 0.1) is 13.8 Å². The van der Waals surface area contributed by atoms with E-state index in [4.69, 9.17) is 21.4 Å². The van der Waals surface area contributed by atoms with Gasteiger partial charge in [-0.3, -0.25) is 9.80 Å². The fourth-order valence-corrected chi connectivity index (χ4v) is 8.94. The van der Waals surface area contributed by atoms with Crippen LogP contribution in [0.5, 0.6) is 11.5 Å². The Bertz CT molecular complexity index is 2270. The number of benzene rings is 7. The van der Waals surface area contributed by atoms with Crippen LogP contribution < -0.4 is 4.74 Å². The van der Waals surface area contributed by atoms with Crippen LogP contribution in [-0.2, 0) is 11.5 Å². The van der Waals surface area contributed by atoms with Gasteiger partial charge in [0.15, 0.2) is 0 Å². The van der Waals surface area contributed by atoms with E-state index in [-0.39, 0.29) is 24.5 Å². The number of aliphatic hydroxyl groups is 1. The fraction of sp³-hybridized carbons (Fsp3) is 0.222. The number of aliphatic hydroxyl groups excluding tert-OH is 1. The standard InChI is InChI=1S/C30H28ClNO.C23H23NO.CH4O.ClH/c1-23-17-27(19-28(18-23)33-20-24-11-5-2-6-12-24)30(31)21-32(22-30)29(25-13-7-3-8-14-25)26-15-9-4-10-16-26;1-17-12-20(14-22(25)13-17)21-15-24(16-21)23(18-8-4-2-5-9-18)19-10-6-3-7-11-19;1-2;/h2-19,29H,20-22H2,1H3;2-14,21,23,25H,15-16H2,1H3;2H,1H3;1H. The zero-order valence-corrected chi connectivity index (χ0v) is 36.7. The van der Waals surface area contributed by atoms with Gasteiger partial charge in [0.2, 0.25) is 0 Å². The maximum Gasteiger partial charge on any atom is 0.120 e. The van der Waals surface area contributed by atoms with Crippen molar-refractivity contribution >= 4 is 24.0 Å². The number of halogens is 2. The van der Waals surface area contributed by atoms with Crippen LogP contribution in [0.15, 0.2) is 188 Å². The minimum Gasteiger partial charge on any atom is -0.508 e. The largest absolute Gasteiger partial charge is 0.508 e. The lowest BCUT2D eigenvalue weighted by Gasteiger charge is -2.50. The second-order valence-electron chi connectivity index (χ2n) is 15.9. The van der Waals surface area contributed by atoms with Crippen molar-refractivity contribution in [1.82, 2.24) is 9.80 Å². The number of rotatable bonds is 11. The first-order chi connectivity index (χ1) is 29.3. The predicted molar refractivity (Wildman–Crippen MR) is 253 cm³/mol. The molecule has 0 unspecified atom stereocenters. The van der Waals surface area contributed by atoms with E-state index in [9.17, 15) is 5.11 Å². The summed E-state index contributed by atoms with van der Waals surface area (Å²) in [6.45, 7) is 8.28. The molecule has 2 fully saturated rings. The summed E-state index contributed by atoms with van der Waals surface area (Å²) in [5, 5.41) is 16.9. The molecule has 2 aliphatic heterocycles. The lowest BCUT2D eigenvalue weighted by Crippen LogP contribution is -2.57. The smallest absolute Gasteiger partial charge is 0.120 e. The van der Waals surface area contributed by atoms with Gasteiger partial charge in [-0.2, -0.15) is 0 Å². The Morgan fingerprint density at radius 2 is 1.00 bits per heavy atom. The highest BCUT2D eigenvalue weighted by atomic mass is 35.5. The maximum absolute atomic E-state index is 9.88. The average molecular weight is 852 g/mol. The summed E-state index contributed by atoms with van der Waals surface area (Å²) in [6, 6.07) is 65.9. The van der Waals surface area contributed by atoms with Crippen LogP contribution in [0.4, 0.5) is 0 Å². The molecule has 0 radical (unpaired) electrons. The van der Waals surface area contributed by atoms with Crippen molar-refractivity contribution in [3.05, 3.63) is 238 Å². The number of nitrogens with zero attached hydrogens (tertiary/aromatic N) is 2. The van der Waals surface area contributed by atoms with E-state index in [0.29, 0.717) is 18.3 Å². The van der Waals surface area contributed by atoms with Gasteiger partial charge in [0, 0.05) is 39.2 Å². The summed E-state index contributed by atoms with van der Waals surface area (Å²) < 4.78 is 6.12. The van der Waals surface area contributed by atoms with Crippen molar-refractivity contribution in [3.8, 4) is 11.5 Å². The molecule has 0 aliphatic carbocycles. The summed E-state index contributed by atoms with van der Waals surface area (Å²) >= 11 is 7.21. The molecule has 0 bridgehead atoms. The van der Waals surface area contributed by atoms with Gasteiger partial charge in [-0.05, 0) is 88.2 Å². The van der Waals surface area contributed by atoms with Gasteiger partial charge >= 0.3 is 0 Å². The highest BCUT2D eigenvalue weighted by Crippen LogP contribution is 2.46. The van der Waals surface area contributed by atoms with Crippen LogP contribution in [0.2, 0.25) is 0 Å². The first-order valence-corrected chi connectivity index (χ1v) is 21.1. The van der Waals surface area contributed by atoms with Gasteiger partial charge in [-0.25, -0.2) is 0 Å². The number of likely N-dealkylation sites (tertiary alicyclic amines) is 2. The lowest BCUT2D eigenvalue weighted by atomic mass is 9.85. The van der Waals surface area contributed by atoms with E-state index in [0.717, 1.165) is 61.3 Å². The van der Waals surface area contributed by atoms with Crippen LogP contribution in [0.3, 0.4) is 0 Å². The second kappa shape index (κ2) is 21.4. The Kier molecular flexibility index (Phi) is 15.8. The van der Waals surface area contributed by atoms with Gasteiger partial charge in [0.1, 0.15) is 18.1 Å². The molecule has 0 spiro atoms. The average Bonchev–Trinajstić information content (AvgIpc) is 3.25. The molecule has 5 nitrogen and oxygen atoms in total. The van der Waals surface area contributed by atoms with Gasteiger partial charge in [0.25, 0.3) is 0 Å². The van der Waals surface area contributed by atoms with Crippen molar-refractivity contribution in [3.63, 3.8) is 0 Å². The summed E-state index contributed by atoms with van der Waals surface area (Å²) in [7, 11) is 1.00. The molecule has 314 valence electrons. The van der Waals surface area contributed by atoms with Gasteiger partial charge in [0.05, 0.1) is 17.0 Å². The van der Waals surface area contributed by atoms with E-state index in [1.165, 1.54) is 27.8 Å². The molecule has 61 heavy (non-hydrogen) atoms. The molecule has 0 amide bonds. The molecule has 2 heterocycles. The van der Waals surface area contributed by atoms with Crippen molar-refractivity contribution < 1.29 is 14.9 Å². The van der Waals surface area contributed by atoms with E-state index in [1.807, 2.05) is 37.3 Å². The van der Waals surface area contributed by atoms with E-state index >= 15 is 0 Å². The van der Waals surface area contributed by atoms with Crippen LogP contribution in [-0.4, -0.2) is 53.3 Å². The molecule has 2 aliphatic rings. The number of hydrogen-bond acceptors (Lipinski definition) is 5. The first-order valence-electron chi connectivity index (χ1n) is 20.7. The highest BCUT2D eigenvalue weighted by molar-refractivity contribution is 6.25. The second-order valence-corrected chi connectivity index (χ2v) is 16.6. The molecular weight excluding hydrogens is 796 g/mol. The zero-order valence-electron chi connectivity index (χ0n) is 35.1. The van der Waals surface area contributed by atoms with Crippen molar-refractivity contribution in [1.29, 1.82) is 0 Å². The third kappa shape index (κ3) is 11.3. The van der Waals surface area contributed by atoms with Gasteiger partial charge in [-0.1, -0.05) is 164 Å². The normalized spacial score (nSPS) is 14.6. The highest BCUT2D eigenvalue weighted by Gasteiger charge is 2.46. The molecule has 7 heteroatoms. The quantitative estimate of drug-likeness (QED) is 0.127. The third-order valence-corrected chi connectivity index (χ3v) is 11.8. The number of hydrogen-bond donors (Lipinski definition) is 2. The van der Waals surface area contributed by atoms with Crippen molar-refractivity contribution in [2.45, 2.75) is 43.3 Å². The molecule has 2 saturated heterocycles. The zero-order chi connectivity index (χ0) is 41.9. The Balaban J connectivity index is 0.000000200. The predicted octanol–water partition coefficient (Wildman–Crippen LogP) is 12.0. The minimum atomic E-state index is -0.418. The maximum atomic E-state index is 9.88. The van der Waals surface area contributed by atoms with Crippen LogP contribution in [0.1, 0.15) is 68.1 Å². The monoisotopic (exact) mass is 850 g/mol. The minimum absolute atomic E-state index is 0. The molecule has 2 N–H and O–H groups in total. The topological polar surface area (TPSA) is 56.2 Å². The summed E-state index contributed by atoms with van der Waals surface area (Å²) in [5.41, 5.74) is 11.1. The Labute approximate surface area is 373 Å². The number of phenolic OH excluding ortho intramolecular Hbond substituents is 1. The van der Waals surface area contributed by atoms with Crippen molar-refractivity contribution in [2.75, 3.05) is 33.3 Å². The number of phenols is 1. The fourth-order valence-electron chi connectivity index (χ4n) is 8.52. The van der Waals surface area contributed by atoms with Gasteiger partial charge in [-0.15, -0.1) is 24.0 Å². The molecule has 9 rings (SSSR count). The van der Waals surface area contributed by atoms with Crippen LogP contribution in [0.25, 0.3) is 0 Å². The molecule has 7 aromatic rings. The molecule has 7 aromatic carbocycles. The van der Waals surface area contributed by atoms with E-state index in [2.05, 4.69) is 174 Å².